The van der Waals surface area contributed by atoms with Crippen LogP contribution in [0.1, 0.15) is 23.1 Å². The maximum Gasteiger partial charge on any atom is 0.261 e. The molecule has 7 nitrogen and oxygen atoms in total. The molecule has 1 amide bonds. The molecule has 0 aliphatic heterocycles. The lowest BCUT2D eigenvalue weighted by atomic mass is 10.2. The summed E-state index contributed by atoms with van der Waals surface area (Å²) in [4.78, 5) is 12.5. The maximum absolute atomic E-state index is 12.5. The Morgan fingerprint density at radius 1 is 1.40 bits per heavy atom. The van der Waals surface area contributed by atoms with Crippen LogP contribution in [-0.2, 0) is 0 Å². The van der Waals surface area contributed by atoms with Gasteiger partial charge in [-0.1, -0.05) is 41.9 Å². The summed E-state index contributed by atoms with van der Waals surface area (Å²) in [6, 6.07) is 2.94. The zero-order valence-corrected chi connectivity index (χ0v) is 16.7. The van der Waals surface area contributed by atoms with Gasteiger partial charge in [0.05, 0.1) is 17.7 Å². The second kappa shape index (κ2) is 8.70. The van der Waals surface area contributed by atoms with Gasteiger partial charge in [0.2, 0.25) is 5.16 Å². The van der Waals surface area contributed by atoms with Crippen LogP contribution in [0.3, 0.4) is 0 Å². The predicted molar refractivity (Wildman–Crippen MR) is 104 cm³/mol. The molecule has 11 heteroatoms. The number of ether oxygens (including phenoxy) is 1. The number of rotatable bonds is 5. The van der Waals surface area contributed by atoms with Gasteiger partial charge in [0, 0.05) is 5.02 Å². The summed E-state index contributed by atoms with van der Waals surface area (Å²) < 4.78 is 6.76. The van der Waals surface area contributed by atoms with Gasteiger partial charge >= 0.3 is 0 Å². The topological polar surface area (TPSA) is 81.1 Å². The molecular formula is C14H15Cl2N5O2S2. The second-order valence-electron chi connectivity index (χ2n) is 4.66. The highest BCUT2D eigenvalue weighted by Gasteiger charge is 2.18. The highest BCUT2D eigenvalue weighted by atomic mass is 35.5. The van der Waals surface area contributed by atoms with Gasteiger partial charge < -0.3 is 4.74 Å². The van der Waals surface area contributed by atoms with Crippen molar-refractivity contribution in [3.63, 3.8) is 0 Å². The summed E-state index contributed by atoms with van der Waals surface area (Å²) in [7, 11) is 1.41. The summed E-state index contributed by atoms with van der Waals surface area (Å²) in [6.07, 6.45) is 0. The number of aromatic nitrogens is 3. The lowest BCUT2D eigenvalue weighted by Crippen LogP contribution is -2.38. The minimum absolute atomic E-state index is 0.0732. The Hall–Kier alpha value is -1.55. The van der Waals surface area contributed by atoms with Crippen molar-refractivity contribution in [1.82, 2.24) is 20.2 Å². The van der Waals surface area contributed by atoms with Crippen molar-refractivity contribution < 1.29 is 9.53 Å². The monoisotopic (exact) mass is 419 g/mol. The number of benzene rings is 1. The van der Waals surface area contributed by atoms with E-state index in [1.54, 1.807) is 11.6 Å². The number of hydrogen-bond donors (Lipinski definition) is 2. The maximum atomic E-state index is 12.5. The molecule has 134 valence electrons. The molecule has 0 atom stereocenters. The van der Waals surface area contributed by atoms with Crippen LogP contribution in [0, 0.1) is 6.92 Å². The Morgan fingerprint density at radius 3 is 2.76 bits per heavy atom. The molecule has 0 saturated heterocycles. The van der Waals surface area contributed by atoms with Gasteiger partial charge in [-0.2, -0.15) is 0 Å². The highest BCUT2D eigenvalue weighted by molar-refractivity contribution is 7.99. The van der Waals surface area contributed by atoms with Crippen LogP contribution in [0.5, 0.6) is 5.75 Å². The van der Waals surface area contributed by atoms with E-state index in [-0.39, 0.29) is 21.4 Å². The molecule has 0 unspecified atom stereocenters. The fourth-order valence-electron chi connectivity index (χ4n) is 1.93. The first-order valence-corrected chi connectivity index (χ1v) is 9.22. The van der Waals surface area contributed by atoms with E-state index in [4.69, 9.17) is 40.2 Å². The van der Waals surface area contributed by atoms with Crippen molar-refractivity contribution in [2.75, 3.05) is 18.3 Å². The van der Waals surface area contributed by atoms with E-state index in [0.717, 1.165) is 5.75 Å². The SMILES string of the molecule is CCSc1nnc(C)n1NC(=S)NC(=O)c1cc(Cl)cc(Cl)c1OC. The molecule has 0 aliphatic carbocycles. The zero-order valence-electron chi connectivity index (χ0n) is 13.6. The van der Waals surface area contributed by atoms with Gasteiger partial charge in [-0.25, -0.2) is 4.68 Å². The smallest absolute Gasteiger partial charge is 0.261 e. The second-order valence-corrected chi connectivity index (χ2v) is 7.14. The van der Waals surface area contributed by atoms with E-state index >= 15 is 0 Å². The van der Waals surface area contributed by atoms with E-state index in [9.17, 15) is 4.79 Å². The number of halogens is 2. The summed E-state index contributed by atoms with van der Waals surface area (Å²) in [5.41, 5.74) is 3.05. The summed E-state index contributed by atoms with van der Waals surface area (Å²) in [6.45, 7) is 3.76. The van der Waals surface area contributed by atoms with E-state index in [1.807, 2.05) is 6.92 Å². The lowest BCUT2D eigenvalue weighted by Gasteiger charge is -2.14. The minimum atomic E-state index is -0.505. The lowest BCUT2D eigenvalue weighted by molar-refractivity contribution is 0.0974. The standard InChI is InChI=1S/C14H15Cl2N5O2S2/c1-4-25-14-19-18-7(2)21(14)20-13(24)17-12(22)9-5-8(15)6-10(16)11(9)23-3/h5-6H,4H2,1-3H3,(H2,17,20,22,24). The predicted octanol–water partition coefficient (Wildman–Crippen LogP) is 3.27. The third-order valence-corrected chi connectivity index (χ3v) is 4.47. The van der Waals surface area contributed by atoms with Crippen molar-refractivity contribution in [3.8, 4) is 5.75 Å². The van der Waals surface area contributed by atoms with E-state index < -0.39 is 5.91 Å². The van der Waals surface area contributed by atoms with Crippen LogP contribution in [0.4, 0.5) is 0 Å². The average molecular weight is 420 g/mol. The number of thiocarbonyl (C=S) groups is 1. The molecule has 0 fully saturated rings. The highest BCUT2D eigenvalue weighted by Crippen LogP contribution is 2.32. The first kappa shape index (κ1) is 19.8. The molecule has 1 heterocycles. The van der Waals surface area contributed by atoms with Gasteiger partial charge in [0.25, 0.3) is 5.91 Å². The molecule has 0 spiro atoms. The minimum Gasteiger partial charge on any atom is -0.494 e. The number of hydrogen-bond acceptors (Lipinski definition) is 6. The number of nitrogens with zero attached hydrogens (tertiary/aromatic N) is 3. The van der Waals surface area contributed by atoms with Gasteiger partial charge in [-0.3, -0.25) is 15.5 Å². The number of methoxy groups -OCH3 is 1. The van der Waals surface area contributed by atoms with Gasteiger partial charge in [0.1, 0.15) is 11.6 Å². The van der Waals surface area contributed by atoms with Crippen molar-refractivity contribution in [1.29, 1.82) is 0 Å². The van der Waals surface area contributed by atoms with Crippen LogP contribution in [0.25, 0.3) is 0 Å². The molecule has 2 rings (SSSR count). The van der Waals surface area contributed by atoms with E-state index in [1.165, 1.54) is 31.0 Å². The van der Waals surface area contributed by atoms with Gasteiger partial charge in [-0.15, -0.1) is 10.2 Å². The van der Waals surface area contributed by atoms with E-state index in [0.29, 0.717) is 16.0 Å². The molecule has 1 aromatic carbocycles. The first-order valence-electron chi connectivity index (χ1n) is 7.07. The average Bonchev–Trinajstić information content (AvgIpc) is 2.87. The molecule has 25 heavy (non-hydrogen) atoms. The quantitative estimate of drug-likeness (QED) is 0.568. The Balaban J connectivity index is 2.16. The largest absolute Gasteiger partial charge is 0.494 e. The summed E-state index contributed by atoms with van der Waals surface area (Å²) >= 11 is 18.7. The number of nitrogens with one attached hydrogen (secondary N) is 2. The molecule has 1 aromatic heterocycles. The molecule has 0 bridgehead atoms. The zero-order chi connectivity index (χ0) is 18.6. The Morgan fingerprint density at radius 2 is 2.12 bits per heavy atom. The number of aryl methyl sites for hydroxylation is 1. The molecular weight excluding hydrogens is 405 g/mol. The fourth-order valence-corrected chi connectivity index (χ4v) is 3.35. The van der Waals surface area contributed by atoms with Crippen molar-refractivity contribution in [2.45, 2.75) is 19.0 Å². The molecule has 2 N–H and O–H groups in total. The molecule has 2 aromatic rings. The van der Waals surface area contributed by atoms with Gasteiger partial charge in [0.15, 0.2) is 5.11 Å². The van der Waals surface area contributed by atoms with Gasteiger partial charge in [-0.05, 0) is 37.0 Å². The normalized spacial score (nSPS) is 10.4. The molecule has 0 radical (unpaired) electrons. The summed E-state index contributed by atoms with van der Waals surface area (Å²) in [5, 5.41) is 11.8. The number of carbonyl (C=O) groups is 1. The Labute approximate surface area is 164 Å². The number of thioether (sulfide) groups is 1. The Bertz CT molecular complexity index is 813. The van der Waals surface area contributed by atoms with Crippen LogP contribution >= 0.6 is 47.2 Å². The summed E-state index contributed by atoms with van der Waals surface area (Å²) in [5.74, 6) is 1.14. The fraction of sp³-hybridized carbons (Fsp3) is 0.286. The van der Waals surface area contributed by atoms with Crippen LogP contribution in [0.2, 0.25) is 10.0 Å². The van der Waals surface area contributed by atoms with Crippen molar-refractivity contribution in [2.24, 2.45) is 0 Å². The first-order chi connectivity index (χ1) is 11.9. The number of carbonyl (C=O) groups excluding carboxylic acids is 1. The van der Waals surface area contributed by atoms with Crippen LogP contribution in [-0.4, -0.2) is 38.8 Å². The van der Waals surface area contributed by atoms with Crippen molar-refractivity contribution in [3.05, 3.63) is 33.6 Å². The molecule has 0 saturated carbocycles. The van der Waals surface area contributed by atoms with E-state index in [2.05, 4.69) is 20.9 Å². The van der Waals surface area contributed by atoms with Crippen molar-refractivity contribution >= 4 is 58.2 Å². The van der Waals surface area contributed by atoms with Crippen LogP contribution in [0.15, 0.2) is 17.3 Å². The Kier molecular flexibility index (Phi) is 6.88. The number of amides is 1. The third-order valence-electron chi connectivity index (χ3n) is 2.97. The molecule has 0 aliphatic rings. The van der Waals surface area contributed by atoms with Crippen LogP contribution < -0.4 is 15.5 Å². The third kappa shape index (κ3) is 4.75.